The maximum Gasteiger partial charge on any atom is 0.183 e. The van der Waals surface area contributed by atoms with Crippen molar-refractivity contribution in [2.24, 2.45) is 0 Å². The minimum Gasteiger partial charge on any atom is -0.377 e. The fourth-order valence-corrected chi connectivity index (χ4v) is 2.01. The Morgan fingerprint density at radius 3 is 2.56 bits per heavy atom. The third kappa shape index (κ3) is 1.39. The molecular formula is C14H11NO. The van der Waals surface area contributed by atoms with Gasteiger partial charge in [0.1, 0.15) is 0 Å². The van der Waals surface area contributed by atoms with Gasteiger partial charge in [0.15, 0.2) is 5.78 Å². The van der Waals surface area contributed by atoms with Crippen LogP contribution in [0.2, 0.25) is 0 Å². The summed E-state index contributed by atoms with van der Waals surface area (Å²) in [6, 6.07) is 16.1. The number of nitrogens with one attached hydrogen (secondary N) is 1. The van der Waals surface area contributed by atoms with Crippen LogP contribution >= 0.6 is 0 Å². The highest BCUT2D eigenvalue weighted by atomic mass is 16.1. The van der Waals surface area contributed by atoms with Crippen LogP contribution in [-0.4, -0.2) is 12.3 Å². The van der Waals surface area contributed by atoms with Gasteiger partial charge in [-0.05, 0) is 23.3 Å². The van der Waals surface area contributed by atoms with Crippen molar-refractivity contribution in [3.05, 3.63) is 54.1 Å². The van der Waals surface area contributed by atoms with Crippen LogP contribution in [0.25, 0.3) is 11.1 Å². The molecule has 0 atom stereocenters. The second kappa shape index (κ2) is 3.49. The van der Waals surface area contributed by atoms with E-state index in [4.69, 9.17) is 0 Å². The van der Waals surface area contributed by atoms with E-state index < -0.39 is 0 Å². The van der Waals surface area contributed by atoms with Gasteiger partial charge in [-0.25, -0.2) is 0 Å². The lowest BCUT2D eigenvalue weighted by molar-refractivity contribution is 0.101. The summed E-state index contributed by atoms with van der Waals surface area (Å²) in [6.45, 7) is 0.424. The third-order valence-corrected chi connectivity index (χ3v) is 2.87. The number of ketones is 1. The number of carbonyl (C=O) groups is 1. The molecule has 2 aromatic carbocycles. The quantitative estimate of drug-likeness (QED) is 0.782. The Morgan fingerprint density at radius 1 is 0.938 bits per heavy atom. The van der Waals surface area contributed by atoms with Crippen LogP contribution in [0.4, 0.5) is 5.69 Å². The van der Waals surface area contributed by atoms with Crippen molar-refractivity contribution in [2.75, 3.05) is 11.9 Å². The van der Waals surface area contributed by atoms with Gasteiger partial charge in [-0.2, -0.15) is 0 Å². The molecule has 0 unspecified atom stereocenters. The highest BCUT2D eigenvalue weighted by Gasteiger charge is 2.18. The van der Waals surface area contributed by atoms with E-state index in [1.54, 1.807) is 0 Å². The van der Waals surface area contributed by atoms with Crippen molar-refractivity contribution in [3.8, 4) is 11.1 Å². The largest absolute Gasteiger partial charge is 0.377 e. The number of rotatable bonds is 1. The summed E-state index contributed by atoms with van der Waals surface area (Å²) in [5.74, 6) is 0.176. The van der Waals surface area contributed by atoms with E-state index in [2.05, 4.69) is 17.4 Å². The first-order valence-corrected chi connectivity index (χ1v) is 5.31. The van der Waals surface area contributed by atoms with Crippen molar-refractivity contribution >= 4 is 11.5 Å². The Labute approximate surface area is 93.9 Å². The van der Waals surface area contributed by atoms with Crippen LogP contribution in [0.1, 0.15) is 10.4 Å². The predicted molar refractivity (Wildman–Crippen MR) is 64.7 cm³/mol. The van der Waals surface area contributed by atoms with Crippen LogP contribution in [0, 0.1) is 0 Å². The lowest BCUT2D eigenvalue weighted by atomic mass is 10.0. The molecule has 2 nitrogen and oxygen atoms in total. The molecule has 0 bridgehead atoms. The van der Waals surface area contributed by atoms with Crippen LogP contribution in [0.5, 0.6) is 0 Å². The fourth-order valence-electron chi connectivity index (χ4n) is 2.01. The number of fused-ring (bicyclic) bond motifs is 1. The molecule has 0 amide bonds. The van der Waals surface area contributed by atoms with Crippen molar-refractivity contribution < 1.29 is 4.79 Å². The van der Waals surface area contributed by atoms with Gasteiger partial charge in [0.05, 0.1) is 6.54 Å². The number of Topliss-reactive ketones (excluding diaryl/α,β-unsaturated/α-hetero) is 1. The highest BCUT2D eigenvalue weighted by molar-refractivity contribution is 6.08. The Bertz CT molecular complexity index is 546. The number of anilines is 1. The van der Waals surface area contributed by atoms with Gasteiger partial charge in [0.2, 0.25) is 0 Å². The molecule has 2 aromatic rings. The molecule has 78 valence electrons. The van der Waals surface area contributed by atoms with Crippen molar-refractivity contribution in [3.63, 3.8) is 0 Å². The molecule has 1 aliphatic rings. The van der Waals surface area contributed by atoms with E-state index >= 15 is 0 Å². The lowest BCUT2D eigenvalue weighted by Gasteiger charge is -2.04. The molecule has 0 aromatic heterocycles. The van der Waals surface area contributed by atoms with Crippen molar-refractivity contribution in [1.82, 2.24) is 0 Å². The summed E-state index contributed by atoms with van der Waals surface area (Å²) in [5.41, 5.74) is 4.07. The summed E-state index contributed by atoms with van der Waals surface area (Å²) in [4.78, 5) is 11.5. The van der Waals surface area contributed by atoms with Crippen molar-refractivity contribution in [2.45, 2.75) is 0 Å². The minimum atomic E-state index is 0.176. The van der Waals surface area contributed by atoms with Gasteiger partial charge < -0.3 is 5.32 Å². The highest BCUT2D eigenvalue weighted by Crippen LogP contribution is 2.28. The number of hydrogen-bond acceptors (Lipinski definition) is 2. The van der Waals surface area contributed by atoms with E-state index in [1.165, 1.54) is 5.56 Å². The van der Waals surface area contributed by atoms with Gasteiger partial charge in [-0.1, -0.05) is 36.4 Å². The van der Waals surface area contributed by atoms with Crippen LogP contribution in [-0.2, 0) is 0 Å². The van der Waals surface area contributed by atoms with E-state index in [-0.39, 0.29) is 5.78 Å². The number of carbonyl (C=O) groups excluding carboxylic acids is 1. The molecule has 0 aliphatic carbocycles. The first-order chi connectivity index (χ1) is 7.84. The summed E-state index contributed by atoms with van der Waals surface area (Å²) < 4.78 is 0. The van der Waals surface area contributed by atoms with E-state index in [0.717, 1.165) is 16.8 Å². The summed E-state index contributed by atoms with van der Waals surface area (Å²) in [6.07, 6.45) is 0. The third-order valence-electron chi connectivity index (χ3n) is 2.87. The van der Waals surface area contributed by atoms with Crippen LogP contribution in [0.15, 0.2) is 48.5 Å². The standard InChI is InChI=1S/C14H11NO/c16-14-9-15-13-8-11(6-7-12(13)14)10-4-2-1-3-5-10/h1-8,15H,9H2. The Balaban J connectivity index is 2.09. The maximum atomic E-state index is 11.5. The predicted octanol–water partition coefficient (Wildman–Crippen LogP) is 2.96. The lowest BCUT2D eigenvalue weighted by Crippen LogP contribution is -2.00. The fraction of sp³-hybridized carbons (Fsp3) is 0.0714. The van der Waals surface area contributed by atoms with Crippen LogP contribution < -0.4 is 5.32 Å². The zero-order valence-corrected chi connectivity index (χ0v) is 8.73. The second-order valence-corrected chi connectivity index (χ2v) is 3.90. The van der Waals surface area contributed by atoms with Crippen molar-refractivity contribution in [1.29, 1.82) is 0 Å². The van der Waals surface area contributed by atoms with Gasteiger partial charge in [0, 0.05) is 11.3 Å². The molecule has 3 rings (SSSR count). The summed E-state index contributed by atoms with van der Waals surface area (Å²) in [7, 11) is 0. The Hall–Kier alpha value is -2.09. The monoisotopic (exact) mass is 209 g/mol. The number of benzene rings is 2. The maximum absolute atomic E-state index is 11.5. The zero-order valence-electron chi connectivity index (χ0n) is 8.73. The van der Waals surface area contributed by atoms with E-state index in [9.17, 15) is 4.79 Å². The molecule has 1 N–H and O–H groups in total. The molecule has 0 radical (unpaired) electrons. The summed E-state index contributed by atoms with van der Waals surface area (Å²) in [5, 5.41) is 3.11. The first kappa shape index (κ1) is 9.16. The topological polar surface area (TPSA) is 29.1 Å². The molecule has 2 heteroatoms. The zero-order chi connectivity index (χ0) is 11.0. The van der Waals surface area contributed by atoms with Gasteiger partial charge in [0.25, 0.3) is 0 Å². The second-order valence-electron chi connectivity index (χ2n) is 3.90. The minimum absolute atomic E-state index is 0.176. The summed E-state index contributed by atoms with van der Waals surface area (Å²) >= 11 is 0. The average molecular weight is 209 g/mol. The van der Waals surface area contributed by atoms with Gasteiger partial charge >= 0.3 is 0 Å². The molecule has 0 saturated heterocycles. The molecule has 16 heavy (non-hydrogen) atoms. The molecule has 0 spiro atoms. The van der Waals surface area contributed by atoms with Crippen LogP contribution in [0.3, 0.4) is 0 Å². The normalized spacial score (nSPS) is 13.4. The Kier molecular flexibility index (Phi) is 2.00. The Morgan fingerprint density at radius 2 is 1.75 bits per heavy atom. The smallest absolute Gasteiger partial charge is 0.183 e. The van der Waals surface area contributed by atoms with E-state index in [0.29, 0.717) is 6.54 Å². The van der Waals surface area contributed by atoms with Gasteiger partial charge in [-0.3, -0.25) is 4.79 Å². The molecule has 1 heterocycles. The molecule has 1 aliphatic heterocycles. The first-order valence-electron chi connectivity index (χ1n) is 5.31. The van der Waals surface area contributed by atoms with E-state index in [1.807, 2.05) is 36.4 Å². The number of hydrogen-bond donors (Lipinski definition) is 1. The average Bonchev–Trinajstić information content (AvgIpc) is 2.72. The molecular weight excluding hydrogens is 198 g/mol. The molecule has 0 saturated carbocycles. The molecule has 0 fully saturated rings. The SMILES string of the molecule is O=C1CNc2cc(-c3ccccc3)ccc21. The van der Waals surface area contributed by atoms with Gasteiger partial charge in [-0.15, -0.1) is 0 Å².